The summed E-state index contributed by atoms with van der Waals surface area (Å²) < 4.78 is 2.32. The zero-order chi connectivity index (χ0) is 16.8. The highest BCUT2D eigenvalue weighted by Crippen LogP contribution is 2.33. The second-order valence-electron chi connectivity index (χ2n) is 5.15. The molecular weight excluding hydrogens is 278 g/mol. The maximum absolute atomic E-state index is 4.01. The van der Waals surface area contributed by atoms with Crippen molar-refractivity contribution in [3.05, 3.63) is 78.0 Å². The molecule has 3 rings (SSSR count). The van der Waals surface area contributed by atoms with Crippen molar-refractivity contribution in [2.45, 2.75) is 27.7 Å². The van der Waals surface area contributed by atoms with Gasteiger partial charge in [-0.15, -0.1) is 0 Å². The number of aromatic nitrogens is 1. The van der Waals surface area contributed by atoms with Crippen molar-refractivity contribution in [2.75, 3.05) is 0 Å². The van der Waals surface area contributed by atoms with E-state index in [4.69, 9.17) is 0 Å². The van der Waals surface area contributed by atoms with Crippen LogP contribution < -0.4 is 0 Å². The molecule has 0 saturated carbocycles. The summed E-state index contributed by atoms with van der Waals surface area (Å²) in [6.45, 7) is 12.2. The molecule has 0 bridgehead atoms. The van der Waals surface area contributed by atoms with Gasteiger partial charge in [-0.3, -0.25) is 0 Å². The zero-order valence-electron chi connectivity index (χ0n) is 14.5. The van der Waals surface area contributed by atoms with E-state index in [0.29, 0.717) is 0 Å². The molecule has 0 saturated heterocycles. The second kappa shape index (κ2) is 7.64. The SMILES string of the molecule is C=Cc1c(/C=C\C)n(-c2ccccc2)c2c(C)cccc12.CC. The molecular formula is C22H25N. The molecule has 3 aromatic rings. The summed E-state index contributed by atoms with van der Waals surface area (Å²) in [7, 11) is 0. The third-order valence-corrected chi connectivity index (χ3v) is 3.81. The van der Waals surface area contributed by atoms with Crippen LogP contribution in [0, 0.1) is 6.92 Å². The van der Waals surface area contributed by atoms with Crippen LogP contribution in [-0.4, -0.2) is 4.57 Å². The molecule has 23 heavy (non-hydrogen) atoms. The molecule has 0 atom stereocenters. The molecule has 1 heterocycles. The van der Waals surface area contributed by atoms with Gasteiger partial charge in [-0.1, -0.05) is 69.0 Å². The number of hydrogen-bond donors (Lipinski definition) is 0. The molecule has 1 aromatic heterocycles. The average Bonchev–Trinajstić information content (AvgIpc) is 2.92. The fourth-order valence-corrected chi connectivity index (χ4v) is 2.93. The summed E-state index contributed by atoms with van der Waals surface area (Å²) in [4.78, 5) is 0. The van der Waals surface area contributed by atoms with Crippen molar-refractivity contribution in [2.24, 2.45) is 0 Å². The van der Waals surface area contributed by atoms with E-state index in [2.05, 4.69) is 72.7 Å². The Morgan fingerprint density at radius 1 is 0.957 bits per heavy atom. The molecule has 0 radical (unpaired) electrons. The van der Waals surface area contributed by atoms with Gasteiger partial charge in [0.2, 0.25) is 0 Å². The third kappa shape index (κ3) is 3.00. The van der Waals surface area contributed by atoms with Crippen LogP contribution in [0.25, 0.3) is 28.7 Å². The number of benzene rings is 2. The van der Waals surface area contributed by atoms with Crippen LogP contribution in [0.5, 0.6) is 0 Å². The van der Waals surface area contributed by atoms with Crippen molar-refractivity contribution in [1.82, 2.24) is 4.57 Å². The number of fused-ring (bicyclic) bond motifs is 1. The van der Waals surface area contributed by atoms with Gasteiger partial charge in [-0.2, -0.15) is 0 Å². The lowest BCUT2D eigenvalue weighted by molar-refractivity contribution is 1.10. The summed E-state index contributed by atoms with van der Waals surface area (Å²) in [5, 5.41) is 1.25. The molecule has 0 amide bonds. The standard InChI is InChI=1S/C20H19N.C2H6/c1-4-10-19-17(5-2)18-14-9-11-15(3)20(18)21(19)16-12-7-6-8-13-16;1-2/h4-14H,2H2,1,3H3;1-2H3/b10-4-;. The van der Waals surface area contributed by atoms with E-state index in [-0.39, 0.29) is 0 Å². The number of aryl methyl sites for hydroxylation is 1. The van der Waals surface area contributed by atoms with Crippen molar-refractivity contribution < 1.29 is 0 Å². The highest BCUT2D eigenvalue weighted by Gasteiger charge is 2.15. The molecule has 0 fully saturated rings. The molecule has 0 aliphatic rings. The van der Waals surface area contributed by atoms with E-state index >= 15 is 0 Å². The molecule has 118 valence electrons. The van der Waals surface area contributed by atoms with Crippen molar-refractivity contribution >= 4 is 23.1 Å². The van der Waals surface area contributed by atoms with Crippen LogP contribution in [0.4, 0.5) is 0 Å². The molecule has 2 aromatic carbocycles. The lowest BCUT2D eigenvalue weighted by atomic mass is 10.1. The molecule has 0 N–H and O–H groups in total. The minimum atomic E-state index is 1.18. The first-order valence-electron chi connectivity index (χ1n) is 8.22. The Hall–Kier alpha value is -2.54. The number of hydrogen-bond acceptors (Lipinski definition) is 0. The van der Waals surface area contributed by atoms with Crippen molar-refractivity contribution in [1.29, 1.82) is 0 Å². The van der Waals surface area contributed by atoms with Crippen LogP contribution in [0.15, 0.2) is 61.2 Å². The molecule has 0 aliphatic carbocycles. The highest BCUT2D eigenvalue weighted by molar-refractivity contribution is 5.96. The van der Waals surface area contributed by atoms with E-state index < -0.39 is 0 Å². The quantitative estimate of drug-likeness (QED) is 0.511. The van der Waals surface area contributed by atoms with Gasteiger partial charge in [0, 0.05) is 16.6 Å². The summed E-state index contributed by atoms with van der Waals surface area (Å²) >= 11 is 0. The van der Waals surface area contributed by atoms with Crippen LogP contribution in [0.2, 0.25) is 0 Å². The lowest BCUT2D eigenvalue weighted by Crippen LogP contribution is -1.97. The Labute approximate surface area is 139 Å². The van der Waals surface area contributed by atoms with E-state index in [9.17, 15) is 0 Å². The monoisotopic (exact) mass is 303 g/mol. The first-order chi connectivity index (χ1) is 11.3. The smallest absolute Gasteiger partial charge is 0.0570 e. The Bertz CT molecular complexity index is 820. The Morgan fingerprint density at radius 3 is 2.26 bits per heavy atom. The first kappa shape index (κ1) is 16.8. The number of para-hydroxylation sites is 2. The summed E-state index contributed by atoms with van der Waals surface area (Å²) in [5.41, 5.74) is 6.08. The second-order valence-corrected chi connectivity index (χ2v) is 5.15. The number of allylic oxidation sites excluding steroid dienone is 1. The predicted octanol–water partition coefficient (Wildman–Crippen LogP) is 6.64. The molecule has 0 unspecified atom stereocenters. The summed E-state index contributed by atoms with van der Waals surface area (Å²) in [5.74, 6) is 0. The largest absolute Gasteiger partial charge is 0.309 e. The van der Waals surface area contributed by atoms with E-state index in [1.807, 2.05) is 32.9 Å². The van der Waals surface area contributed by atoms with Crippen molar-refractivity contribution in [3.63, 3.8) is 0 Å². The van der Waals surface area contributed by atoms with Gasteiger partial charge in [0.15, 0.2) is 0 Å². The van der Waals surface area contributed by atoms with Crippen molar-refractivity contribution in [3.8, 4) is 5.69 Å². The number of rotatable bonds is 3. The molecule has 1 nitrogen and oxygen atoms in total. The minimum absolute atomic E-state index is 1.18. The van der Waals surface area contributed by atoms with Gasteiger partial charge in [-0.25, -0.2) is 0 Å². The molecule has 1 heteroatoms. The zero-order valence-corrected chi connectivity index (χ0v) is 14.5. The topological polar surface area (TPSA) is 4.93 Å². The van der Waals surface area contributed by atoms with Gasteiger partial charge in [0.1, 0.15) is 0 Å². The van der Waals surface area contributed by atoms with Crippen LogP contribution >= 0.6 is 0 Å². The number of nitrogens with zero attached hydrogens (tertiary/aromatic N) is 1. The van der Waals surface area contributed by atoms with Gasteiger partial charge >= 0.3 is 0 Å². The molecule has 0 spiro atoms. The van der Waals surface area contributed by atoms with Crippen LogP contribution in [0.1, 0.15) is 37.6 Å². The van der Waals surface area contributed by atoms with Gasteiger partial charge in [0.25, 0.3) is 0 Å². The Kier molecular flexibility index (Phi) is 5.59. The summed E-state index contributed by atoms with van der Waals surface area (Å²) in [6, 6.07) is 16.9. The minimum Gasteiger partial charge on any atom is -0.309 e. The van der Waals surface area contributed by atoms with Gasteiger partial charge in [0.05, 0.1) is 11.2 Å². The van der Waals surface area contributed by atoms with Gasteiger partial charge < -0.3 is 4.57 Å². The maximum atomic E-state index is 4.01. The van der Waals surface area contributed by atoms with E-state index in [1.165, 1.54) is 33.4 Å². The molecule has 0 aliphatic heterocycles. The fourth-order valence-electron chi connectivity index (χ4n) is 2.93. The third-order valence-electron chi connectivity index (χ3n) is 3.81. The average molecular weight is 303 g/mol. The maximum Gasteiger partial charge on any atom is 0.0570 e. The summed E-state index contributed by atoms with van der Waals surface area (Å²) in [6.07, 6.45) is 6.19. The first-order valence-corrected chi connectivity index (χ1v) is 8.22. The Morgan fingerprint density at radius 2 is 1.65 bits per heavy atom. The van der Waals surface area contributed by atoms with Crippen LogP contribution in [0.3, 0.4) is 0 Å². The van der Waals surface area contributed by atoms with Crippen LogP contribution in [-0.2, 0) is 0 Å². The predicted molar refractivity (Wildman–Crippen MR) is 104 cm³/mol. The lowest BCUT2D eigenvalue weighted by Gasteiger charge is -2.10. The fraction of sp³-hybridized carbons (Fsp3) is 0.182. The van der Waals surface area contributed by atoms with E-state index in [0.717, 1.165) is 0 Å². The highest BCUT2D eigenvalue weighted by atomic mass is 15.0. The van der Waals surface area contributed by atoms with E-state index in [1.54, 1.807) is 0 Å². The van der Waals surface area contributed by atoms with Gasteiger partial charge in [-0.05, 0) is 37.6 Å². The normalized spacial score (nSPS) is 10.6. The Balaban J connectivity index is 0.000000924.